The van der Waals surface area contributed by atoms with Crippen molar-refractivity contribution in [2.45, 2.75) is 12.1 Å². The quantitative estimate of drug-likeness (QED) is 0.145. The predicted molar refractivity (Wildman–Crippen MR) is 185 cm³/mol. The second-order valence-electron chi connectivity index (χ2n) is 10.8. The summed E-state index contributed by atoms with van der Waals surface area (Å²) in [6.45, 7) is 0.186. The number of benzene rings is 4. The second-order valence-corrected chi connectivity index (χ2v) is 11.8. The molecular weight excluding hydrogens is 621 g/mol. The normalized spacial score (nSPS) is 11.2. The average molecular weight is 651 g/mol. The number of nitrogens with zero attached hydrogens (tertiary/aromatic N) is 5. The number of methoxy groups -OCH3 is 1. The Morgan fingerprint density at radius 1 is 0.792 bits per heavy atom. The molecule has 3 heterocycles. The van der Waals surface area contributed by atoms with Gasteiger partial charge in [0.05, 0.1) is 19.1 Å². The van der Waals surface area contributed by atoms with Gasteiger partial charge >= 0.3 is 0 Å². The van der Waals surface area contributed by atoms with Crippen LogP contribution >= 0.6 is 11.3 Å². The maximum atomic E-state index is 13.1. The van der Waals surface area contributed by atoms with Gasteiger partial charge in [0.15, 0.2) is 11.5 Å². The van der Waals surface area contributed by atoms with Crippen molar-refractivity contribution in [3.63, 3.8) is 0 Å². The summed E-state index contributed by atoms with van der Waals surface area (Å²) in [5.41, 5.74) is 4.63. The number of aromatic nitrogens is 5. The molecule has 0 aliphatic heterocycles. The Balaban J connectivity index is 1.12. The molecule has 48 heavy (non-hydrogen) atoms. The largest absolute Gasteiger partial charge is 0.493 e. The van der Waals surface area contributed by atoms with Crippen molar-refractivity contribution < 1.29 is 14.3 Å². The van der Waals surface area contributed by atoms with Crippen LogP contribution in [-0.4, -0.2) is 37.7 Å². The van der Waals surface area contributed by atoms with Crippen molar-refractivity contribution in [1.82, 2.24) is 24.7 Å². The van der Waals surface area contributed by atoms with Crippen molar-refractivity contribution >= 4 is 22.4 Å². The summed E-state index contributed by atoms with van der Waals surface area (Å²) in [5, 5.41) is 12.2. The molecule has 0 saturated carbocycles. The first-order valence-electron chi connectivity index (χ1n) is 15.2. The van der Waals surface area contributed by atoms with Crippen LogP contribution in [0.5, 0.6) is 11.5 Å². The molecule has 7 rings (SSSR count). The zero-order valence-electron chi connectivity index (χ0n) is 25.9. The Morgan fingerprint density at radius 3 is 2.02 bits per heavy atom. The number of rotatable bonds is 11. The van der Waals surface area contributed by atoms with Gasteiger partial charge in [0.1, 0.15) is 17.2 Å². The lowest BCUT2D eigenvalue weighted by molar-refractivity contribution is 0.102. The van der Waals surface area contributed by atoms with Crippen molar-refractivity contribution in [3.8, 4) is 22.1 Å². The minimum absolute atomic E-state index is 0.186. The first-order chi connectivity index (χ1) is 23.6. The van der Waals surface area contributed by atoms with Crippen molar-refractivity contribution in [3.05, 3.63) is 174 Å². The number of nitrogens with one attached hydrogen (secondary N) is 1. The smallest absolute Gasteiger partial charge is 0.257 e. The molecule has 0 aliphatic carbocycles. The van der Waals surface area contributed by atoms with E-state index in [9.17, 15) is 4.79 Å². The fourth-order valence-corrected chi connectivity index (χ4v) is 6.48. The molecule has 9 nitrogen and oxygen atoms in total. The number of anilines is 1. The average Bonchev–Trinajstić information content (AvgIpc) is 3.83. The van der Waals surface area contributed by atoms with Gasteiger partial charge in [-0.25, -0.2) is 4.98 Å². The van der Waals surface area contributed by atoms with E-state index in [0.29, 0.717) is 27.2 Å². The molecule has 0 atom stereocenters. The van der Waals surface area contributed by atoms with Gasteiger partial charge in [-0.1, -0.05) is 102 Å². The molecule has 0 bridgehead atoms. The van der Waals surface area contributed by atoms with E-state index in [0.717, 1.165) is 27.9 Å². The Morgan fingerprint density at radius 2 is 1.42 bits per heavy atom. The SMILES string of the molecule is COc1cc(C(=O)Nc2nnc(-c3ccncc3)s2)ccc1OCc1cn(C(c2ccccc2)(c2ccccc2)c2ccccc2)cn1. The van der Waals surface area contributed by atoms with E-state index in [1.54, 1.807) is 30.6 Å². The Labute approximate surface area is 281 Å². The molecule has 4 aromatic carbocycles. The molecule has 0 unspecified atom stereocenters. The number of ether oxygens (including phenoxy) is 2. The Bertz CT molecular complexity index is 2020. The molecule has 236 valence electrons. The van der Waals surface area contributed by atoms with Gasteiger partial charge in [-0.05, 0) is 47.0 Å². The molecule has 0 radical (unpaired) electrons. The number of amides is 1. The molecule has 1 N–H and O–H groups in total. The molecule has 0 spiro atoms. The molecule has 0 fully saturated rings. The molecule has 1 amide bonds. The van der Waals surface area contributed by atoms with Gasteiger partial charge in [-0.3, -0.25) is 15.1 Å². The number of carbonyl (C=O) groups excluding carboxylic acids is 1. The van der Waals surface area contributed by atoms with E-state index in [1.807, 2.05) is 42.9 Å². The lowest BCUT2D eigenvalue weighted by Gasteiger charge is -2.37. The monoisotopic (exact) mass is 650 g/mol. The fourth-order valence-electron chi connectivity index (χ4n) is 5.74. The van der Waals surface area contributed by atoms with Crippen molar-refractivity contribution in [2.24, 2.45) is 0 Å². The third-order valence-corrected chi connectivity index (χ3v) is 8.86. The van der Waals surface area contributed by atoms with Crippen LogP contribution in [-0.2, 0) is 12.1 Å². The van der Waals surface area contributed by atoms with Crippen molar-refractivity contribution in [1.29, 1.82) is 0 Å². The van der Waals surface area contributed by atoms with Gasteiger partial charge in [0, 0.05) is 29.7 Å². The predicted octanol–water partition coefficient (Wildman–Crippen LogP) is 7.48. The molecule has 3 aromatic heterocycles. The maximum Gasteiger partial charge on any atom is 0.257 e. The fraction of sp³-hybridized carbons (Fsp3) is 0.0789. The third-order valence-electron chi connectivity index (χ3n) is 7.97. The first kappa shape index (κ1) is 30.5. The highest BCUT2D eigenvalue weighted by Gasteiger charge is 2.38. The minimum atomic E-state index is -0.673. The van der Waals surface area contributed by atoms with Gasteiger partial charge in [0.2, 0.25) is 5.13 Å². The van der Waals surface area contributed by atoms with Gasteiger partial charge in [-0.2, -0.15) is 0 Å². The highest BCUT2D eigenvalue weighted by Crippen LogP contribution is 2.41. The Hall–Kier alpha value is -6.13. The topological polar surface area (TPSA) is 104 Å². The number of pyridine rings is 1. The van der Waals surface area contributed by atoms with Crippen LogP contribution < -0.4 is 14.8 Å². The van der Waals surface area contributed by atoms with E-state index in [4.69, 9.17) is 14.5 Å². The highest BCUT2D eigenvalue weighted by molar-refractivity contribution is 7.18. The van der Waals surface area contributed by atoms with E-state index in [1.165, 1.54) is 18.4 Å². The summed E-state index contributed by atoms with van der Waals surface area (Å²) in [5.74, 6) is 0.569. The number of hydrogen-bond donors (Lipinski definition) is 1. The first-order valence-corrected chi connectivity index (χ1v) is 16.0. The van der Waals surface area contributed by atoms with Gasteiger partial charge in [0.25, 0.3) is 5.91 Å². The zero-order chi connectivity index (χ0) is 32.8. The van der Waals surface area contributed by atoms with Crippen LogP contribution in [0.15, 0.2) is 146 Å². The maximum absolute atomic E-state index is 13.1. The minimum Gasteiger partial charge on any atom is -0.493 e. The molecule has 0 aliphatic rings. The summed E-state index contributed by atoms with van der Waals surface area (Å²) in [6, 6.07) is 40.0. The summed E-state index contributed by atoms with van der Waals surface area (Å²) in [6.07, 6.45) is 7.24. The number of imidazole rings is 1. The van der Waals surface area contributed by atoms with Gasteiger partial charge < -0.3 is 14.0 Å². The second kappa shape index (κ2) is 13.7. The van der Waals surface area contributed by atoms with E-state index < -0.39 is 5.54 Å². The van der Waals surface area contributed by atoms with E-state index >= 15 is 0 Å². The summed E-state index contributed by atoms with van der Waals surface area (Å²) in [4.78, 5) is 21.9. The van der Waals surface area contributed by atoms with Crippen LogP contribution in [0.1, 0.15) is 32.7 Å². The van der Waals surface area contributed by atoms with Gasteiger partial charge in [-0.15, -0.1) is 10.2 Å². The number of hydrogen-bond acceptors (Lipinski definition) is 8. The van der Waals surface area contributed by atoms with Crippen molar-refractivity contribution in [2.75, 3.05) is 12.4 Å². The molecular formula is C38H30N6O3S. The van der Waals surface area contributed by atoms with E-state index in [2.05, 4.69) is 97.9 Å². The van der Waals surface area contributed by atoms with Crippen LogP contribution in [0, 0.1) is 0 Å². The highest BCUT2D eigenvalue weighted by atomic mass is 32.1. The van der Waals surface area contributed by atoms with Crippen LogP contribution in [0.4, 0.5) is 5.13 Å². The molecule has 7 aromatic rings. The van der Waals surface area contributed by atoms with Crippen LogP contribution in [0.25, 0.3) is 10.6 Å². The van der Waals surface area contributed by atoms with E-state index in [-0.39, 0.29) is 12.5 Å². The lowest BCUT2D eigenvalue weighted by atomic mass is 9.77. The number of carbonyl (C=O) groups is 1. The Kier molecular flexibility index (Phi) is 8.71. The zero-order valence-corrected chi connectivity index (χ0v) is 26.7. The molecule has 10 heteroatoms. The summed E-state index contributed by atoms with van der Waals surface area (Å²) >= 11 is 1.28. The standard InChI is InChI=1S/C38H30N6O3S/c1-46-34-23-28(35(45)41-37-43-42-36(48-37)27-19-21-39-22-20-27)17-18-33(34)47-25-32-24-44(26-40-32)38(29-11-5-2-6-12-29,30-13-7-3-8-14-30)31-15-9-4-10-16-31/h2-24,26H,25H2,1H3,(H,41,43,45). The van der Waals surface area contributed by atoms with Crippen LogP contribution in [0.3, 0.4) is 0 Å². The third kappa shape index (κ3) is 6.04. The molecule has 0 saturated heterocycles. The lowest BCUT2D eigenvalue weighted by Crippen LogP contribution is -2.36. The summed E-state index contributed by atoms with van der Waals surface area (Å²) in [7, 11) is 1.54. The van der Waals surface area contributed by atoms with Crippen LogP contribution in [0.2, 0.25) is 0 Å². The summed E-state index contributed by atoms with van der Waals surface area (Å²) < 4.78 is 14.0.